The number of rotatable bonds is 44. The van der Waals surface area contributed by atoms with Crippen molar-refractivity contribution in [1.29, 1.82) is 0 Å². The molecule has 2 amide bonds. The van der Waals surface area contributed by atoms with Crippen LogP contribution in [-0.2, 0) is 95.5 Å². The molecule has 3 atom stereocenters. The molecular weight excluding hydrogens is 1400 g/mol. The maximum atomic E-state index is 12.6. The van der Waals surface area contributed by atoms with E-state index in [1.165, 1.54) is 0 Å². The minimum atomic E-state index is -4.64. The zero-order valence-corrected chi connectivity index (χ0v) is 61.1. The number of carboxylic acid groups (broad SMARTS) is 3. The van der Waals surface area contributed by atoms with Crippen LogP contribution < -0.4 is 16.4 Å². The Hall–Kier alpha value is -7.95. The lowest BCUT2D eigenvalue weighted by Crippen LogP contribution is -2.32. The number of hydrogen-bond acceptors (Lipinski definition) is 24. The second-order valence-corrected chi connectivity index (χ2v) is 25.6. The number of nitrogens with one attached hydrogen (secondary N) is 2. The van der Waals surface area contributed by atoms with Gasteiger partial charge in [0.15, 0.2) is 0 Å². The first-order chi connectivity index (χ1) is 46.7. The molecule has 0 aliphatic heterocycles. The van der Waals surface area contributed by atoms with Crippen molar-refractivity contribution in [1.82, 2.24) is 10.6 Å². The number of halogens is 5. The van der Waals surface area contributed by atoms with Crippen LogP contribution in [0, 0.1) is 17.8 Å². The summed E-state index contributed by atoms with van der Waals surface area (Å²) >= 11 is 9.53. The summed E-state index contributed by atoms with van der Waals surface area (Å²) in [5.41, 5.74) is 26.4. The van der Waals surface area contributed by atoms with E-state index in [1.54, 1.807) is 83.1 Å². The number of nitrogens with two attached hydrogens (primary N) is 1. The Labute approximate surface area is 595 Å². The third-order valence-electron chi connectivity index (χ3n) is 10.8. The molecule has 0 heterocycles. The lowest BCUT2D eigenvalue weighted by Gasteiger charge is -2.24. The number of esters is 4. The average molecular weight is 1500 g/mol. The number of carbonyl (C=O) groups is 13. The van der Waals surface area contributed by atoms with Crippen LogP contribution in [0.25, 0.3) is 31.3 Å². The number of carbonyl (C=O) groups excluding carboxylic acids is 10. The minimum Gasteiger partial charge on any atom is -0.481 e. The summed E-state index contributed by atoms with van der Waals surface area (Å²) < 4.78 is 67.4. The van der Waals surface area contributed by atoms with Gasteiger partial charge < -0.3 is 64.8 Å². The van der Waals surface area contributed by atoms with Crippen LogP contribution in [0.4, 0.5) is 13.2 Å². The van der Waals surface area contributed by atoms with E-state index in [9.17, 15) is 70.7 Å². The molecule has 0 unspecified atom stereocenters. The van der Waals surface area contributed by atoms with E-state index in [1.807, 2.05) is 0 Å². The van der Waals surface area contributed by atoms with Crippen LogP contribution in [0.1, 0.15) is 179 Å². The van der Waals surface area contributed by atoms with Crippen molar-refractivity contribution >= 4 is 100 Å². The molecule has 0 bridgehead atoms. The summed E-state index contributed by atoms with van der Waals surface area (Å²) in [6.45, 7) is 24.4. The Kier molecular flexibility index (Phi) is 63.7. The number of nitrogens with zero attached hydrogens (tertiary/aromatic N) is 9. The Bertz CT molecular complexity index is 2640. The number of ether oxygens (including phenoxy) is 7. The SMILES string of the molecule is CC(C)(C)OC(=O)CCC(=O)C[C@@H](CCC(=O)NCCOCCN=[N+]=[N-])C(=O)OC(C)(C)C.CC(C)(C)OC(=O)CCC(=O)C[C@@H](CCC(=O)O)C(=O)OC(C)(C)C.ClCCl.O=CC(F)(F)F.[N-]=[N+]=NCCOCCN.[N-]=[N+]=NCCOCCNC(=O)CC[C@H](CC(=O)CCC(=O)O)C(=O)O. The van der Waals surface area contributed by atoms with Gasteiger partial charge in [0.1, 0.15) is 39.8 Å². The minimum absolute atomic E-state index is 0.0162. The highest BCUT2D eigenvalue weighted by Gasteiger charge is 2.31. The first-order valence-corrected chi connectivity index (χ1v) is 32.5. The highest BCUT2D eigenvalue weighted by atomic mass is 35.5. The molecule has 7 N–H and O–H groups in total. The summed E-state index contributed by atoms with van der Waals surface area (Å²) in [7, 11) is 0. The number of hydrogen-bond donors (Lipinski definition) is 6. The fourth-order valence-electron chi connectivity index (χ4n) is 6.78. The van der Waals surface area contributed by atoms with E-state index < -0.39 is 100 Å². The van der Waals surface area contributed by atoms with Gasteiger partial charge >= 0.3 is 48.0 Å². The molecule has 0 aromatic carbocycles. The second kappa shape index (κ2) is 61.9. The third kappa shape index (κ3) is 86.2. The van der Waals surface area contributed by atoms with Gasteiger partial charge in [-0.2, -0.15) is 13.2 Å². The molecule has 0 saturated heterocycles. The van der Waals surface area contributed by atoms with E-state index in [-0.39, 0.29) is 178 Å². The van der Waals surface area contributed by atoms with E-state index in [2.05, 4.69) is 40.7 Å². The van der Waals surface area contributed by atoms with Crippen LogP contribution in [0.3, 0.4) is 0 Å². The number of carboxylic acids is 3. The van der Waals surface area contributed by atoms with Crippen molar-refractivity contribution in [3.63, 3.8) is 0 Å². The highest BCUT2D eigenvalue weighted by Crippen LogP contribution is 2.23. The summed E-state index contributed by atoms with van der Waals surface area (Å²) in [5, 5.41) is 41.6. The fraction of sp³-hybridized carbons (Fsp3) is 0.787. The number of amides is 2. The Morgan fingerprint density at radius 1 is 0.465 bits per heavy atom. The van der Waals surface area contributed by atoms with Crippen molar-refractivity contribution in [2.75, 3.05) is 84.2 Å². The smallest absolute Gasteiger partial charge is 0.446 e. The topological polar surface area (TPSA) is 544 Å². The predicted octanol–water partition coefficient (Wildman–Crippen LogP) is 9.31. The van der Waals surface area contributed by atoms with Gasteiger partial charge in [0.25, 0.3) is 0 Å². The molecule has 0 aliphatic rings. The second-order valence-electron chi connectivity index (χ2n) is 24.8. The zero-order valence-electron chi connectivity index (χ0n) is 59.6. The maximum Gasteiger partial charge on any atom is 0.446 e. The van der Waals surface area contributed by atoms with Gasteiger partial charge in [0, 0.05) is 112 Å². The lowest BCUT2D eigenvalue weighted by molar-refractivity contribution is -0.162. The maximum absolute atomic E-state index is 12.6. The van der Waals surface area contributed by atoms with Crippen LogP contribution in [0.15, 0.2) is 15.3 Å². The average Bonchev–Trinajstić information content (AvgIpc) is 0.900. The third-order valence-corrected chi connectivity index (χ3v) is 10.8. The van der Waals surface area contributed by atoms with Crippen LogP contribution in [0.2, 0.25) is 0 Å². The van der Waals surface area contributed by atoms with Gasteiger partial charge in [-0.15, -0.1) is 23.2 Å². The molecule has 0 rings (SSSR count). The molecule has 40 heteroatoms. The Balaban J connectivity index is -0.000000300. The van der Waals surface area contributed by atoms with Gasteiger partial charge in [-0.1, -0.05) is 15.3 Å². The van der Waals surface area contributed by atoms with Crippen molar-refractivity contribution < 1.29 is 124 Å². The van der Waals surface area contributed by atoms with E-state index in [4.69, 9.17) is 98.8 Å². The first kappa shape index (κ1) is 104. The molecule has 0 spiro atoms. The quantitative estimate of drug-likeness (QED) is 0.00483. The van der Waals surface area contributed by atoms with E-state index in [0.29, 0.717) is 26.3 Å². The molecule has 0 aromatic rings. The molecule has 0 aromatic heterocycles. The van der Waals surface area contributed by atoms with Gasteiger partial charge in [-0.05, 0) is 119 Å². The number of azide groups is 3. The van der Waals surface area contributed by atoms with Crippen molar-refractivity contribution in [3.8, 4) is 0 Å². The molecule has 0 saturated carbocycles. The Morgan fingerprint density at radius 3 is 1.03 bits per heavy atom. The first-order valence-electron chi connectivity index (χ1n) is 31.4. The summed E-state index contributed by atoms with van der Waals surface area (Å²) in [5.74, 6) is -9.82. The number of alkyl halides is 5. The molecule has 0 aliphatic carbocycles. The van der Waals surface area contributed by atoms with Crippen molar-refractivity contribution in [2.24, 2.45) is 38.8 Å². The number of Topliss-reactive ketones (excluding diaryl/α,β-unsaturated/α-hetero) is 3. The summed E-state index contributed by atoms with van der Waals surface area (Å²) in [4.78, 5) is 157. The number of ketones is 3. The van der Waals surface area contributed by atoms with Crippen LogP contribution >= 0.6 is 23.2 Å². The molecule has 101 heavy (non-hydrogen) atoms. The van der Waals surface area contributed by atoms with Gasteiger partial charge in [-0.3, -0.25) is 62.3 Å². The van der Waals surface area contributed by atoms with E-state index >= 15 is 0 Å². The summed E-state index contributed by atoms with van der Waals surface area (Å²) in [6.07, 6.45) is -7.21. The highest BCUT2D eigenvalue weighted by molar-refractivity contribution is 6.40. The van der Waals surface area contributed by atoms with Crippen LogP contribution in [-0.4, -0.2) is 205 Å². The fourth-order valence-corrected chi connectivity index (χ4v) is 6.78. The molecule has 0 fully saturated rings. The Morgan fingerprint density at radius 2 is 0.752 bits per heavy atom. The molecular formula is C61H103Cl2F3N12O23. The monoisotopic (exact) mass is 1500 g/mol. The number of aliphatic carboxylic acids is 3. The standard InChI is InChI=1S/C22H38N4O7.C18H30O7.C14H22N4O7.C4H10N4O.C2HF3O.CH2Cl2/c1-21(2,3)32-19(29)10-8-17(27)15-16(20(30)33-22(4,5)6)7-9-18(28)24-11-13-31-14-12-25-26-23;1-17(2,3)24-15(22)10-8-13(19)11-12(7-9-14(20)21)16(23)25-18(4,5)6;15-18-17-6-8-25-7-5-16-12(20)3-1-10(14(23)24)9-11(19)2-4-13(21)22;5-1-3-9-4-2-7-8-6;3-2(4,5)1-6;2-1-3/h16H,7-15H2,1-6H3,(H,24,28);12H,7-11H2,1-6H3,(H,20,21);10H,1-9H2,(H,16,20)(H,21,22)(H,23,24);1-5H2;1H;1H2/t16-;12-;10-;;;/m111.../s1. The molecule has 580 valence electrons. The zero-order chi connectivity index (χ0) is 79.3. The summed E-state index contributed by atoms with van der Waals surface area (Å²) in [6, 6.07) is 0. The van der Waals surface area contributed by atoms with Crippen molar-refractivity contribution in [2.45, 2.75) is 208 Å². The van der Waals surface area contributed by atoms with Crippen LogP contribution in [0.5, 0.6) is 0 Å². The van der Waals surface area contributed by atoms with Gasteiger partial charge in [0.2, 0.25) is 18.1 Å². The predicted molar refractivity (Wildman–Crippen MR) is 359 cm³/mol. The molecule has 0 radical (unpaired) electrons. The van der Waals surface area contributed by atoms with Crippen molar-refractivity contribution in [3.05, 3.63) is 31.3 Å². The lowest BCUT2D eigenvalue weighted by atomic mass is 9.94. The largest absolute Gasteiger partial charge is 0.481 e. The van der Waals surface area contributed by atoms with Gasteiger partial charge in [0.05, 0.1) is 82.0 Å². The van der Waals surface area contributed by atoms with E-state index in [0.717, 1.165) is 0 Å². The van der Waals surface area contributed by atoms with Gasteiger partial charge in [-0.25, -0.2) is 0 Å². The molecule has 35 nitrogen and oxygen atoms in total. The normalized spacial score (nSPS) is 11.6. The number of aldehydes is 1.